The van der Waals surface area contributed by atoms with E-state index in [2.05, 4.69) is 5.92 Å². The van der Waals surface area contributed by atoms with Gasteiger partial charge in [-0.1, -0.05) is 12.0 Å². The van der Waals surface area contributed by atoms with Gasteiger partial charge in [-0.15, -0.1) is 6.42 Å². The van der Waals surface area contributed by atoms with Crippen molar-refractivity contribution in [1.82, 2.24) is 0 Å². The molecule has 0 aliphatic rings. The molecule has 1 aromatic rings. The van der Waals surface area contributed by atoms with Crippen molar-refractivity contribution in [2.75, 3.05) is 18.0 Å². The lowest BCUT2D eigenvalue weighted by atomic mass is 10.1. The van der Waals surface area contributed by atoms with E-state index in [0.29, 0.717) is 0 Å². The van der Waals surface area contributed by atoms with Crippen LogP contribution in [0.1, 0.15) is 10.4 Å². The van der Waals surface area contributed by atoms with Crippen molar-refractivity contribution in [1.29, 1.82) is 0 Å². The Morgan fingerprint density at radius 2 is 2.17 bits per heavy atom. The van der Waals surface area contributed by atoms with Gasteiger partial charge in [-0.05, 0) is 12.1 Å². The highest BCUT2D eigenvalue weighted by molar-refractivity contribution is 5.99. The van der Waals surface area contributed by atoms with Crippen molar-refractivity contribution < 1.29 is 19.1 Å². The Balaban J connectivity index is 3.27. The molecule has 0 spiro atoms. The van der Waals surface area contributed by atoms with Gasteiger partial charge in [0.05, 0.1) is 17.8 Å². The molecule has 3 N–H and O–H groups in total. The number of carboxylic acid groups (broad SMARTS) is 1. The normalized spacial score (nSPS) is 9.56. The van der Waals surface area contributed by atoms with Crippen LogP contribution in [0.5, 0.6) is 0 Å². The molecule has 0 unspecified atom stereocenters. The zero-order chi connectivity index (χ0) is 13.7. The van der Waals surface area contributed by atoms with Crippen LogP contribution in [0.3, 0.4) is 0 Å². The maximum atomic E-state index is 13.5. The average molecular weight is 250 g/mol. The first-order chi connectivity index (χ1) is 8.47. The fourth-order valence-corrected chi connectivity index (χ4v) is 1.52. The van der Waals surface area contributed by atoms with Crippen LogP contribution >= 0.6 is 0 Å². The van der Waals surface area contributed by atoms with Gasteiger partial charge in [0.1, 0.15) is 12.4 Å². The van der Waals surface area contributed by atoms with E-state index in [4.69, 9.17) is 17.3 Å². The quantitative estimate of drug-likeness (QED) is 0.743. The number of aliphatic carboxylic acids is 1. The smallest absolute Gasteiger partial charge is 0.323 e. The SMILES string of the molecule is C#CCN(CC(=O)O)c1cccc(F)c1C(N)=O. The molecule has 0 saturated heterocycles. The van der Waals surface area contributed by atoms with Crippen molar-refractivity contribution in [3.05, 3.63) is 29.6 Å². The second-order valence-electron chi connectivity index (χ2n) is 3.45. The van der Waals surface area contributed by atoms with Crippen molar-refractivity contribution in [3.63, 3.8) is 0 Å². The lowest BCUT2D eigenvalue weighted by Gasteiger charge is -2.22. The van der Waals surface area contributed by atoms with Gasteiger partial charge in [-0.3, -0.25) is 9.59 Å². The number of carboxylic acids is 1. The summed E-state index contributed by atoms with van der Waals surface area (Å²) < 4.78 is 13.5. The fourth-order valence-electron chi connectivity index (χ4n) is 1.52. The first-order valence-corrected chi connectivity index (χ1v) is 4.96. The van der Waals surface area contributed by atoms with Crippen molar-refractivity contribution in [2.45, 2.75) is 0 Å². The summed E-state index contributed by atoms with van der Waals surface area (Å²) in [6.45, 7) is -0.524. The van der Waals surface area contributed by atoms with E-state index < -0.39 is 24.2 Å². The van der Waals surface area contributed by atoms with E-state index >= 15 is 0 Å². The Morgan fingerprint density at radius 3 is 2.67 bits per heavy atom. The van der Waals surface area contributed by atoms with Crippen LogP contribution in [0.25, 0.3) is 0 Å². The average Bonchev–Trinajstić information content (AvgIpc) is 2.27. The summed E-state index contributed by atoms with van der Waals surface area (Å²) >= 11 is 0. The summed E-state index contributed by atoms with van der Waals surface area (Å²) in [6.07, 6.45) is 5.11. The van der Waals surface area contributed by atoms with Crippen LogP contribution in [0.4, 0.5) is 10.1 Å². The first-order valence-electron chi connectivity index (χ1n) is 4.96. The molecule has 0 heterocycles. The molecule has 0 aromatic heterocycles. The number of halogens is 1. The minimum absolute atomic E-state index is 0.0721. The third-order valence-electron chi connectivity index (χ3n) is 2.19. The number of primary amides is 1. The molecule has 0 atom stereocenters. The molecule has 94 valence electrons. The number of hydrogen-bond acceptors (Lipinski definition) is 3. The van der Waals surface area contributed by atoms with Gasteiger partial charge in [-0.25, -0.2) is 4.39 Å². The Morgan fingerprint density at radius 1 is 1.50 bits per heavy atom. The molecular weight excluding hydrogens is 239 g/mol. The summed E-state index contributed by atoms with van der Waals surface area (Å²) in [5.74, 6) is -0.692. The van der Waals surface area contributed by atoms with Crippen LogP contribution in [-0.2, 0) is 4.79 Å². The summed E-state index contributed by atoms with van der Waals surface area (Å²) in [5, 5.41) is 8.75. The summed E-state index contributed by atoms with van der Waals surface area (Å²) in [6, 6.07) is 3.81. The monoisotopic (exact) mass is 250 g/mol. The second kappa shape index (κ2) is 5.68. The molecule has 0 aliphatic carbocycles. The molecule has 0 radical (unpaired) electrons. The molecule has 5 nitrogen and oxygen atoms in total. The number of anilines is 1. The molecule has 0 bridgehead atoms. The second-order valence-corrected chi connectivity index (χ2v) is 3.45. The van der Waals surface area contributed by atoms with Crippen LogP contribution in [0.15, 0.2) is 18.2 Å². The maximum Gasteiger partial charge on any atom is 0.323 e. The molecule has 1 aromatic carbocycles. The van der Waals surface area contributed by atoms with Gasteiger partial charge in [-0.2, -0.15) is 0 Å². The van der Waals surface area contributed by atoms with Gasteiger partial charge < -0.3 is 15.7 Å². The predicted octanol–water partition coefficient (Wildman–Crippen LogP) is 0.449. The van der Waals surface area contributed by atoms with Crippen LogP contribution in [-0.4, -0.2) is 30.1 Å². The maximum absolute atomic E-state index is 13.5. The molecule has 1 amide bonds. The summed E-state index contributed by atoms with van der Waals surface area (Å²) in [5.41, 5.74) is 4.78. The third kappa shape index (κ3) is 2.98. The molecule has 0 fully saturated rings. The standard InChI is InChI=1S/C12H11FN2O3/c1-2-6-15(7-10(16)17)9-5-3-4-8(13)11(9)12(14)18/h1,3-5H,6-7H2,(H2,14,18)(H,16,17). The Hall–Kier alpha value is -2.55. The highest BCUT2D eigenvalue weighted by atomic mass is 19.1. The van der Waals surface area contributed by atoms with Crippen LogP contribution < -0.4 is 10.6 Å². The highest BCUT2D eigenvalue weighted by Crippen LogP contribution is 2.22. The first kappa shape index (κ1) is 13.5. The Kier molecular flexibility index (Phi) is 4.27. The minimum Gasteiger partial charge on any atom is -0.480 e. The van der Waals surface area contributed by atoms with E-state index in [1.54, 1.807) is 0 Å². The van der Waals surface area contributed by atoms with Gasteiger partial charge in [0.25, 0.3) is 5.91 Å². The zero-order valence-corrected chi connectivity index (χ0v) is 9.39. The number of nitrogens with zero attached hydrogens (tertiary/aromatic N) is 1. The fraction of sp³-hybridized carbons (Fsp3) is 0.167. The van der Waals surface area contributed by atoms with E-state index in [-0.39, 0.29) is 17.8 Å². The van der Waals surface area contributed by atoms with Gasteiger partial charge >= 0.3 is 5.97 Å². The number of nitrogens with two attached hydrogens (primary N) is 1. The predicted molar refractivity (Wildman–Crippen MR) is 63.6 cm³/mol. The van der Waals surface area contributed by atoms with Gasteiger partial charge in [0.15, 0.2) is 0 Å². The highest BCUT2D eigenvalue weighted by Gasteiger charge is 2.19. The number of benzene rings is 1. The molecule has 0 saturated carbocycles. The van der Waals surface area contributed by atoms with Crippen molar-refractivity contribution in [2.24, 2.45) is 5.73 Å². The summed E-state index contributed by atoms with van der Waals surface area (Å²) in [7, 11) is 0. The molecule has 1 rings (SSSR count). The summed E-state index contributed by atoms with van der Waals surface area (Å²) in [4.78, 5) is 23.1. The number of carbonyl (C=O) groups is 2. The lowest BCUT2D eigenvalue weighted by Crippen LogP contribution is -2.32. The molecule has 0 aliphatic heterocycles. The number of terminal acetylenes is 1. The van der Waals surface area contributed by atoms with Crippen molar-refractivity contribution >= 4 is 17.6 Å². The van der Waals surface area contributed by atoms with Crippen LogP contribution in [0, 0.1) is 18.2 Å². The van der Waals surface area contributed by atoms with E-state index in [9.17, 15) is 14.0 Å². The third-order valence-corrected chi connectivity index (χ3v) is 2.19. The van der Waals surface area contributed by atoms with Crippen LogP contribution in [0.2, 0.25) is 0 Å². The lowest BCUT2D eigenvalue weighted by molar-refractivity contribution is -0.135. The largest absolute Gasteiger partial charge is 0.480 e. The molecule has 18 heavy (non-hydrogen) atoms. The van der Waals surface area contributed by atoms with Gasteiger partial charge in [0.2, 0.25) is 0 Å². The number of amides is 1. The Bertz CT molecular complexity index is 523. The topological polar surface area (TPSA) is 83.6 Å². The Labute approximate surface area is 103 Å². The van der Waals surface area contributed by atoms with E-state index in [0.717, 1.165) is 6.07 Å². The number of hydrogen-bond donors (Lipinski definition) is 2. The van der Waals surface area contributed by atoms with Gasteiger partial charge in [0, 0.05) is 0 Å². The number of rotatable bonds is 5. The van der Waals surface area contributed by atoms with Crippen molar-refractivity contribution in [3.8, 4) is 12.3 Å². The molecule has 6 heteroatoms. The minimum atomic E-state index is -1.15. The molecular formula is C12H11FN2O3. The zero-order valence-electron chi connectivity index (χ0n) is 9.39. The van der Waals surface area contributed by atoms with E-state index in [1.807, 2.05) is 0 Å². The number of carbonyl (C=O) groups excluding carboxylic acids is 1. The van der Waals surface area contributed by atoms with E-state index in [1.165, 1.54) is 17.0 Å².